The molecule has 0 amide bonds. The Balaban J connectivity index is 1.55. The lowest BCUT2D eigenvalue weighted by atomic mass is 9.88. The van der Waals surface area contributed by atoms with E-state index < -0.39 is 24.0 Å². The van der Waals surface area contributed by atoms with Gasteiger partial charge in [0.05, 0.1) is 25.1 Å². The van der Waals surface area contributed by atoms with Crippen molar-refractivity contribution in [1.82, 2.24) is 20.4 Å². The summed E-state index contributed by atoms with van der Waals surface area (Å²) in [7, 11) is 3.93. The molecule has 0 radical (unpaired) electrons. The number of rotatable bonds is 5. The van der Waals surface area contributed by atoms with E-state index in [4.69, 9.17) is 22.1 Å². The predicted octanol–water partition coefficient (Wildman–Crippen LogP) is -0.136. The Hall–Kier alpha value is -0.810. The maximum Gasteiger partial charge on any atom is 0.141 e. The Bertz CT molecular complexity index is 766. The molecule has 0 saturated carbocycles. The number of hydrogen-bond acceptors (Lipinski definition) is 8. The average molecular weight is 440 g/mol. The smallest absolute Gasteiger partial charge is 0.141 e. The third-order valence-electron chi connectivity index (χ3n) is 7.02. The first kappa shape index (κ1) is 22.4. The summed E-state index contributed by atoms with van der Waals surface area (Å²) in [6.07, 6.45) is -0.711. The molecule has 7 atom stereocenters. The SMILES string of the molecule is CNCc1cc(Cl)ccc1C[C@H]1O[C@@H](N2CCC3C(N)NCN(C)C32)[C@H](O)[C@]1(C)O. The van der Waals surface area contributed by atoms with Gasteiger partial charge in [-0.2, -0.15) is 0 Å². The summed E-state index contributed by atoms with van der Waals surface area (Å²) in [4.78, 5) is 4.37. The van der Waals surface area contributed by atoms with E-state index in [1.165, 1.54) is 0 Å². The minimum Gasteiger partial charge on any atom is -0.386 e. The van der Waals surface area contributed by atoms with Crippen LogP contribution in [0, 0.1) is 5.92 Å². The quantitative estimate of drug-likeness (QED) is 0.432. The van der Waals surface area contributed by atoms with Crippen molar-refractivity contribution >= 4 is 11.6 Å². The predicted molar refractivity (Wildman–Crippen MR) is 116 cm³/mol. The number of aliphatic hydroxyl groups excluding tert-OH is 1. The zero-order chi connectivity index (χ0) is 21.6. The zero-order valence-electron chi connectivity index (χ0n) is 17.9. The Morgan fingerprint density at radius 1 is 1.40 bits per heavy atom. The van der Waals surface area contributed by atoms with Crippen LogP contribution in [0.4, 0.5) is 0 Å². The molecule has 6 N–H and O–H groups in total. The molecule has 3 aliphatic rings. The molecule has 0 aromatic heterocycles. The first-order valence-corrected chi connectivity index (χ1v) is 11.0. The van der Waals surface area contributed by atoms with Gasteiger partial charge < -0.3 is 26.0 Å². The third kappa shape index (κ3) is 3.90. The van der Waals surface area contributed by atoms with E-state index in [2.05, 4.69) is 20.4 Å². The summed E-state index contributed by atoms with van der Waals surface area (Å²) in [5.74, 6) is 0.252. The second-order valence-corrected chi connectivity index (χ2v) is 9.52. The fraction of sp³-hybridized carbons (Fsp3) is 0.714. The van der Waals surface area contributed by atoms with Crippen LogP contribution in [0.1, 0.15) is 24.5 Å². The van der Waals surface area contributed by atoms with Crippen LogP contribution in [0.3, 0.4) is 0 Å². The van der Waals surface area contributed by atoms with Crippen LogP contribution < -0.4 is 16.4 Å². The van der Waals surface area contributed by atoms with Crippen molar-refractivity contribution < 1.29 is 14.9 Å². The monoisotopic (exact) mass is 439 g/mol. The molecule has 4 rings (SSSR count). The largest absolute Gasteiger partial charge is 0.386 e. The van der Waals surface area contributed by atoms with Gasteiger partial charge in [-0.15, -0.1) is 0 Å². The minimum absolute atomic E-state index is 0.0748. The molecule has 8 nitrogen and oxygen atoms in total. The lowest BCUT2D eigenvalue weighted by Crippen LogP contribution is -2.65. The number of likely N-dealkylation sites (tertiary alicyclic amines) is 1. The van der Waals surface area contributed by atoms with E-state index in [-0.39, 0.29) is 18.2 Å². The number of halogens is 1. The Morgan fingerprint density at radius 2 is 2.17 bits per heavy atom. The first-order chi connectivity index (χ1) is 14.2. The van der Waals surface area contributed by atoms with Crippen LogP contribution in [-0.2, 0) is 17.7 Å². The molecule has 1 aromatic rings. The van der Waals surface area contributed by atoms with Gasteiger partial charge in [0.25, 0.3) is 0 Å². The summed E-state index contributed by atoms with van der Waals surface area (Å²) in [6, 6.07) is 5.76. The molecule has 9 heteroatoms. The fourth-order valence-electron chi connectivity index (χ4n) is 5.26. The maximum atomic E-state index is 11.2. The Morgan fingerprint density at radius 3 is 2.90 bits per heavy atom. The van der Waals surface area contributed by atoms with E-state index in [1.54, 1.807) is 6.92 Å². The van der Waals surface area contributed by atoms with Crippen LogP contribution in [0.2, 0.25) is 5.02 Å². The first-order valence-electron chi connectivity index (χ1n) is 10.7. The normalized spacial score (nSPS) is 40.1. The number of nitrogens with two attached hydrogens (primary N) is 1. The highest BCUT2D eigenvalue weighted by molar-refractivity contribution is 6.30. The summed E-state index contributed by atoms with van der Waals surface area (Å²) in [5, 5.41) is 29.4. The van der Waals surface area contributed by atoms with E-state index in [9.17, 15) is 10.2 Å². The summed E-state index contributed by atoms with van der Waals surface area (Å²) < 4.78 is 6.36. The van der Waals surface area contributed by atoms with Crippen LogP contribution in [0.15, 0.2) is 18.2 Å². The number of ether oxygens (including phenoxy) is 1. The molecule has 3 unspecified atom stereocenters. The summed E-state index contributed by atoms with van der Waals surface area (Å²) in [6.45, 7) is 3.79. The van der Waals surface area contributed by atoms with E-state index >= 15 is 0 Å². The van der Waals surface area contributed by atoms with E-state index in [0.29, 0.717) is 24.7 Å². The van der Waals surface area contributed by atoms with Gasteiger partial charge in [-0.25, -0.2) is 0 Å². The lowest BCUT2D eigenvalue weighted by molar-refractivity contribution is -0.131. The van der Waals surface area contributed by atoms with Gasteiger partial charge in [-0.05, 0) is 50.7 Å². The molecule has 168 valence electrons. The molecule has 3 heterocycles. The molecular weight excluding hydrogens is 406 g/mol. The van der Waals surface area contributed by atoms with Crippen molar-refractivity contribution in [2.24, 2.45) is 11.7 Å². The second kappa shape index (κ2) is 8.61. The summed E-state index contributed by atoms with van der Waals surface area (Å²) in [5.41, 5.74) is 7.03. The Kier molecular flexibility index (Phi) is 6.43. The molecular formula is C21H34ClN5O3. The van der Waals surface area contributed by atoms with Gasteiger partial charge >= 0.3 is 0 Å². The van der Waals surface area contributed by atoms with Crippen molar-refractivity contribution in [3.05, 3.63) is 34.3 Å². The van der Waals surface area contributed by atoms with Gasteiger partial charge in [0, 0.05) is 30.5 Å². The average Bonchev–Trinajstić information content (AvgIpc) is 3.23. The van der Waals surface area contributed by atoms with Gasteiger partial charge in [0.1, 0.15) is 17.9 Å². The topological polar surface area (TPSA) is 106 Å². The highest BCUT2D eigenvalue weighted by atomic mass is 35.5. The number of fused-ring (bicyclic) bond motifs is 1. The molecule has 3 fully saturated rings. The lowest BCUT2D eigenvalue weighted by Gasteiger charge is -2.44. The summed E-state index contributed by atoms with van der Waals surface area (Å²) >= 11 is 6.17. The van der Waals surface area contributed by atoms with Crippen molar-refractivity contribution in [3.63, 3.8) is 0 Å². The minimum atomic E-state index is -1.37. The van der Waals surface area contributed by atoms with E-state index in [0.717, 1.165) is 24.1 Å². The fourth-order valence-corrected chi connectivity index (χ4v) is 5.46. The van der Waals surface area contributed by atoms with Gasteiger partial charge in [0.2, 0.25) is 0 Å². The molecule has 3 aliphatic heterocycles. The van der Waals surface area contributed by atoms with Gasteiger partial charge in [-0.1, -0.05) is 17.7 Å². The molecule has 3 saturated heterocycles. The standard InChI is InChI=1S/C21H34ClN5O3/c1-21(29)16(9-12-4-5-14(22)8-13(12)10-24-2)30-20(17(21)28)27-7-6-15-18(23)25-11-26(3)19(15)27/h4-5,8,15-20,24-25,28-29H,6-7,9-11,23H2,1-3H3/t15?,16-,17+,18?,19?,20-,21-/m1/s1. The van der Waals surface area contributed by atoms with Gasteiger partial charge in [0.15, 0.2) is 0 Å². The molecule has 0 spiro atoms. The number of aliphatic hydroxyl groups is 2. The van der Waals surface area contributed by atoms with Crippen molar-refractivity contribution in [2.75, 3.05) is 27.3 Å². The van der Waals surface area contributed by atoms with Crippen LogP contribution in [0.5, 0.6) is 0 Å². The van der Waals surface area contributed by atoms with Crippen LogP contribution in [0.25, 0.3) is 0 Å². The highest BCUT2D eigenvalue weighted by Crippen LogP contribution is 2.40. The molecule has 0 aliphatic carbocycles. The second-order valence-electron chi connectivity index (χ2n) is 9.08. The third-order valence-corrected chi connectivity index (χ3v) is 7.26. The van der Waals surface area contributed by atoms with Crippen molar-refractivity contribution in [3.8, 4) is 0 Å². The van der Waals surface area contributed by atoms with Gasteiger partial charge in [-0.3, -0.25) is 15.1 Å². The van der Waals surface area contributed by atoms with Crippen LogP contribution in [-0.4, -0.2) is 83.7 Å². The number of benzene rings is 1. The Labute approximate surface area is 183 Å². The van der Waals surface area contributed by atoms with E-state index in [1.807, 2.05) is 32.3 Å². The molecule has 30 heavy (non-hydrogen) atoms. The maximum absolute atomic E-state index is 11.2. The number of hydrogen-bond donors (Lipinski definition) is 5. The van der Waals surface area contributed by atoms with Crippen LogP contribution >= 0.6 is 11.6 Å². The molecule has 1 aromatic carbocycles. The zero-order valence-corrected chi connectivity index (χ0v) is 18.6. The van der Waals surface area contributed by atoms with Crippen molar-refractivity contribution in [1.29, 1.82) is 0 Å². The molecule has 0 bridgehead atoms. The number of nitrogens with zero attached hydrogens (tertiary/aromatic N) is 2. The van der Waals surface area contributed by atoms with Crippen molar-refractivity contribution in [2.45, 2.75) is 62.7 Å². The number of nitrogens with one attached hydrogen (secondary N) is 2. The highest BCUT2D eigenvalue weighted by Gasteiger charge is 2.57.